The molecule has 8 nitrogen and oxygen atoms in total. The molecule has 1 unspecified atom stereocenters. The zero-order valence-electron chi connectivity index (χ0n) is 18.7. The van der Waals surface area contributed by atoms with Gasteiger partial charge in [0.1, 0.15) is 22.8 Å². The summed E-state index contributed by atoms with van der Waals surface area (Å²) in [7, 11) is -1.25. The lowest BCUT2D eigenvalue weighted by atomic mass is 9.88. The number of methoxy groups -OCH3 is 2. The molecule has 0 radical (unpaired) electrons. The van der Waals surface area contributed by atoms with Crippen molar-refractivity contribution in [2.24, 2.45) is 0 Å². The predicted octanol–water partition coefficient (Wildman–Crippen LogP) is 4.75. The Hall–Kier alpha value is -2.98. The molecule has 1 atom stereocenters. The van der Waals surface area contributed by atoms with Crippen molar-refractivity contribution in [1.82, 2.24) is 4.31 Å². The Morgan fingerprint density at radius 1 is 1.03 bits per heavy atom. The van der Waals surface area contributed by atoms with Gasteiger partial charge in [0, 0.05) is 28.2 Å². The highest BCUT2D eigenvalue weighted by atomic mass is 35.5. The molecule has 0 saturated heterocycles. The third kappa shape index (κ3) is 4.64. The summed E-state index contributed by atoms with van der Waals surface area (Å²) in [6.45, 7) is 0.0732. The second-order valence-electron chi connectivity index (χ2n) is 7.86. The molecule has 35 heavy (non-hydrogen) atoms. The minimum Gasteiger partial charge on any atom is -0.507 e. The molecule has 11 heteroatoms. The molecular formula is C24H21Cl2NO7S. The first kappa shape index (κ1) is 25.1. The van der Waals surface area contributed by atoms with Gasteiger partial charge in [0.05, 0.1) is 25.2 Å². The number of benzene rings is 3. The average molecular weight is 538 g/mol. The van der Waals surface area contributed by atoms with E-state index < -0.39 is 33.3 Å². The zero-order valence-corrected chi connectivity index (χ0v) is 21.0. The quantitative estimate of drug-likeness (QED) is 0.466. The van der Waals surface area contributed by atoms with Crippen LogP contribution in [-0.4, -0.2) is 49.7 Å². The predicted molar refractivity (Wildman–Crippen MR) is 131 cm³/mol. The molecule has 0 amide bonds. The first-order valence-corrected chi connectivity index (χ1v) is 12.6. The van der Waals surface area contributed by atoms with Crippen LogP contribution in [0.25, 0.3) is 0 Å². The lowest BCUT2D eigenvalue weighted by Gasteiger charge is -2.38. The third-order valence-electron chi connectivity index (χ3n) is 5.83. The molecule has 0 aliphatic carbocycles. The molecule has 3 aromatic rings. The smallest absolute Gasteiger partial charge is 0.339 e. The third-order valence-corrected chi connectivity index (χ3v) is 8.12. The molecule has 0 spiro atoms. The fourth-order valence-electron chi connectivity index (χ4n) is 4.27. The number of fused-ring (bicyclic) bond motifs is 1. The van der Waals surface area contributed by atoms with Crippen molar-refractivity contribution in [2.45, 2.75) is 17.4 Å². The SMILES string of the molecule is COc1cc2c(c(OC)c1)C(c1cc(Cl)cc(Cl)c1)N(S(=O)(=O)c1ccc(O)c(C(=O)O)c1)CC2. The molecular weight excluding hydrogens is 517 g/mol. The number of halogens is 2. The number of hydrogen-bond donors (Lipinski definition) is 2. The van der Waals surface area contributed by atoms with E-state index in [1.54, 1.807) is 24.3 Å². The minimum absolute atomic E-state index is 0.0732. The van der Waals surface area contributed by atoms with Crippen LogP contribution >= 0.6 is 23.2 Å². The Kier molecular flexibility index (Phi) is 6.88. The number of phenols is 1. The summed E-state index contributed by atoms with van der Waals surface area (Å²) in [6.07, 6.45) is 0.344. The van der Waals surface area contributed by atoms with Gasteiger partial charge in [0.15, 0.2) is 0 Å². The first-order chi connectivity index (χ1) is 16.6. The van der Waals surface area contributed by atoms with Crippen molar-refractivity contribution >= 4 is 39.2 Å². The maximum absolute atomic E-state index is 13.9. The first-order valence-electron chi connectivity index (χ1n) is 10.4. The zero-order chi connectivity index (χ0) is 25.5. The van der Waals surface area contributed by atoms with Crippen LogP contribution in [0, 0.1) is 0 Å². The van der Waals surface area contributed by atoms with Crippen molar-refractivity contribution in [3.8, 4) is 17.2 Å². The summed E-state index contributed by atoms with van der Waals surface area (Å²) in [4.78, 5) is 11.2. The molecule has 0 bridgehead atoms. The molecule has 0 fully saturated rings. The summed E-state index contributed by atoms with van der Waals surface area (Å²) in [5.74, 6) is -1.01. The number of rotatable bonds is 6. The molecule has 3 aromatic carbocycles. The lowest BCUT2D eigenvalue weighted by molar-refractivity contribution is 0.0693. The number of carboxylic acid groups (broad SMARTS) is 1. The minimum atomic E-state index is -4.26. The van der Waals surface area contributed by atoms with Gasteiger partial charge in [-0.25, -0.2) is 13.2 Å². The van der Waals surface area contributed by atoms with Gasteiger partial charge >= 0.3 is 5.97 Å². The molecule has 0 saturated carbocycles. The van der Waals surface area contributed by atoms with Crippen LogP contribution in [0.4, 0.5) is 0 Å². The van der Waals surface area contributed by atoms with Crippen LogP contribution in [0.1, 0.15) is 33.1 Å². The average Bonchev–Trinajstić information content (AvgIpc) is 2.81. The van der Waals surface area contributed by atoms with Crippen LogP contribution in [0.2, 0.25) is 10.0 Å². The van der Waals surface area contributed by atoms with E-state index in [1.165, 1.54) is 24.6 Å². The highest BCUT2D eigenvalue weighted by Crippen LogP contribution is 2.46. The van der Waals surface area contributed by atoms with Crippen molar-refractivity contribution in [3.63, 3.8) is 0 Å². The summed E-state index contributed by atoms with van der Waals surface area (Å²) < 4.78 is 40.0. The van der Waals surface area contributed by atoms with Gasteiger partial charge in [-0.15, -0.1) is 0 Å². The van der Waals surface area contributed by atoms with Crippen molar-refractivity contribution in [1.29, 1.82) is 0 Å². The van der Waals surface area contributed by atoms with Gasteiger partial charge in [-0.1, -0.05) is 23.2 Å². The second-order valence-corrected chi connectivity index (χ2v) is 10.6. The molecule has 1 aliphatic rings. The van der Waals surface area contributed by atoms with E-state index in [4.69, 9.17) is 32.7 Å². The van der Waals surface area contributed by atoms with Crippen LogP contribution < -0.4 is 9.47 Å². The Labute approximate surface area is 212 Å². The fourth-order valence-corrected chi connectivity index (χ4v) is 6.43. The maximum atomic E-state index is 13.9. The Morgan fingerprint density at radius 3 is 2.31 bits per heavy atom. The molecule has 0 aromatic heterocycles. The van der Waals surface area contributed by atoms with E-state index in [9.17, 15) is 23.4 Å². The van der Waals surface area contributed by atoms with Crippen LogP contribution in [0.5, 0.6) is 17.2 Å². The number of aromatic carboxylic acids is 1. The van der Waals surface area contributed by atoms with Crippen molar-refractivity contribution in [3.05, 3.63) is 80.8 Å². The molecule has 184 valence electrons. The largest absolute Gasteiger partial charge is 0.507 e. The van der Waals surface area contributed by atoms with E-state index in [0.29, 0.717) is 39.1 Å². The summed E-state index contributed by atoms with van der Waals surface area (Å²) >= 11 is 12.5. The van der Waals surface area contributed by atoms with Gasteiger partial charge in [-0.3, -0.25) is 0 Å². The standard InChI is InChI=1S/C24H21Cl2NO7S/c1-33-17-9-13-5-6-27(35(31,32)18-3-4-20(28)19(12-18)24(29)30)23(22(13)21(11-17)34-2)14-7-15(25)10-16(26)8-14/h3-4,7-12,23,28H,5-6H2,1-2H3,(H,29,30). The van der Waals surface area contributed by atoms with Gasteiger partial charge in [0.2, 0.25) is 10.0 Å². The summed E-state index contributed by atoms with van der Waals surface area (Å²) in [5.41, 5.74) is 1.41. The highest BCUT2D eigenvalue weighted by Gasteiger charge is 2.40. The van der Waals surface area contributed by atoms with Crippen molar-refractivity contribution in [2.75, 3.05) is 20.8 Å². The second kappa shape index (κ2) is 9.58. The fraction of sp³-hybridized carbons (Fsp3) is 0.208. The molecule has 1 heterocycles. The number of hydrogen-bond acceptors (Lipinski definition) is 6. The lowest BCUT2D eigenvalue weighted by Crippen LogP contribution is -2.40. The number of carbonyl (C=O) groups is 1. The number of sulfonamides is 1. The van der Waals surface area contributed by atoms with Crippen LogP contribution in [-0.2, 0) is 16.4 Å². The van der Waals surface area contributed by atoms with E-state index in [0.717, 1.165) is 17.7 Å². The van der Waals surface area contributed by atoms with E-state index >= 15 is 0 Å². The maximum Gasteiger partial charge on any atom is 0.339 e. The van der Waals surface area contributed by atoms with Gasteiger partial charge < -0.3 is 19.7 Å². The van der Waals surface area contributed by atoms with Crippen LogP contribution in [0.3, 0.4) is 0 Å². The van der Waals surface area contributed by atoms with Gasteiger partial charge in [-0.2, -0.15) is 4.31 Å². The van der Waals surface area contributed by atoms with Crippen LogP contribution in [0.15, 0.2) is 53.4 Å². The monoisotopic (exact) mass is 537 g/mol. The van der Waals surface area contributed by atoms with E-state index in [1.807, 2.05) is 6.07 Å². The number of carboxylic acids is 1. The Morgan fingerprint density at radius 2 is 1.71 bits per heavy atom. The highest BCUT2D eigenvalue weighted by molar-refractivity contribution is 7.89. The summed E-state index contributed by atoms with van der Waals surface area (Å²) in [6, 6.07) is 10.5. The normalized spacial score (nSPS) is 15.9. The van der Waals surface area contributed by atoms with E-state index in [2.05, 4.69) is 0 Å². The summed E-state index contributed by atoms with van der Waals surface area (Å²) in [5, 5.41) is 19.9. The van der Waals surface area contributed by atoms with Gasteiger partial charge in [0.25, 0.3) is 0 Å². The number of ether oxygens (including phenoxy) is 2. The number of nitrogens with zero attached hydrogens (tertiary/aromatic N) is 1. The molecule has 2 N–H and O–H groups in total. The Bertz CT molecular complexity index is 1390. The topological polar surface area (TPSA) is 113 Å². The Balaban J connectivity index is 1.97. The molecule has 1 aliphatic heterocycles. The molecule has 4 rings (SSSR count). The van der Waals surface area contributed by atoms with Crippen molar-refractivity contribution < 1.29 is 32.9 Å². The van der Waals surface area contributed by atoms with Gasteiger partial charge in [-0.05, 0) is 60.0 Å². The van der Waals surface area contributed by atoms with E-state index in [-0.39, 0.29) is 11.4 Å². The number of aromatic hydroxyl groups is 1.